The first-order chi connectivity index (χ1) is 11.1. The number of nitrogens with zero attached hydrogens (tertiary/aromatic N) is 3. The molecular formula is C14H19N5O4. The number of nitro groups is 1. The third-order valence-electron chi connectivity index (χ3n) is 3.47. The highest BCUT2D eigenvalue weighted by Gasteiger charge is 2.15. The van der Waals surface area contributed by atoms with E-state index < -0.39 is 10.8 Å². The van der Waals surface area contributed by atoms with Gasteiger partial charge in [-0.05, 0) is 18.9 Å². The van der Waals surface area contributed by atoms with E-state index in [1.807, 2.05) is 0 Å². The number of hydrogen-bond acceptors (Lipinski definition) is 6. The van der Waals surface area contributed by atoms with E-state index in [1.165, 1.54) is 17.7 Å². The number of aromatic nitrogens is 2. The summed E-state index contributed by atoms with van der Waals surface area (Å²) < 4.78 is 1.67. The maximum absolute atomic E-state index is 11.2. The number of anilines is 1. The van der Waals surface area contributed by atoms with Gasteiger partial charge in [0.25, 0.3) is 11.6 Å². The molecule has 3 N–H and O–H groups in total. The lowest BCUT2D eigenvalue weighted by Gasteiger charge is -2.06. The van der Waals surface area contributed by atoms with Crippen LogP contribution in [0, 0.1) is 10.1 Å². The van der Waals surface area contributed by atoms with E-state index in [9.17, 15) is 14.9 Å². The quantitative estimate of drug-likeness (QED) is 0.295. The Morgan fingerprint density at radius 2 is 2.22 bits per heavy atom. The Bertz CT molecular complexity index is 713. The molecule has 0 atom stereocenters. The topological polar surface area (TPSA) is 122 Å². The number of fused-ring (bicyclic) bond motifs is 1. The Morgan fingerprint density at radius 3 is 2.87 bits per heavy atom. The van der Waals surface area contributed by atoms with Crippen molar-refractivity contribution in [2.45, 2.75) is 32.6 Å². The highest BCUT2D eigenvalue weighted by Crippen LogP contribution is 2.23. The number of hydroxylamine groups is 1. The summed E-state index contributed by atoms with van der Waals surface area (Å²) in [5.74, 6) is -0.0993. The molecule has 2 aromatic heterocycles. The van der Waals surface area contributed by atoms with Crippen molar-refractivity contribution in [3.8, 4) is 0 Å². The zero-order valence-electron chi connectivity index (χ0n) is 12.8. The van der Waals surface area contributed by atoms with Crippen molar-refractivity contribution in [2.24, 2.45) is 0 Å². The van der Waals surface area contributed by atoms with E-state index in [2.05, 4.69) is 17.2 Å². The molecule has 0 fully saturated rings. The maximum Gasteiger partial charge on any atom is 0.286 e. The smallest absolute Gasteiger partial charge is 0.286 e. The molecule has 23 heavy (non-hydrogen) atoms. The molecule has 9 heteroatoms. The van der Waals surface area contributed by atoms with E-state index in [0.29, 0.717) is 17.9 Å². The largest absolute Gasteiger partial charge is 0.359 e. The molecule has 0 bridgehead atoms. The van der Waals surface area contributed by atoms with Gasteiger partial charge in [-0.3, -0.25) is 24.5 Å². The van der Waals surface area contributed by atoms with Gasteiger partial charge < -0.3 is 5.32 Å². The molecule has 1 amide bonds. The Balaban J connectivity index is 2.36. The van der Waals surface area contributed by atoms with Gasteiger partial charge in [0.1, 0.15) is 11.5 Å². The predicted molar refractivity (Wildman–Crippen MR) is 83.5 cm³/mol. The predicted octanol–water partition coefficient (Wildman–Crippen LogP) is 1.89. The van der Waals surface area contributed by atoms with E-state index in [1.54, 1.807) is 10.5 Å². The second-order valence-corrected chi connectivity index (χ2v) is 5.13. The van der Waals surface area contributed by atoms with Gasteiger partial charge in [-0.25, -0.2) is 10.5 Å². The molecule has 2 heterocycles. The summed E-state index contributed by atoms with van der Waals surface area (Å²) in [5.41, 5.74) is 2.86. The highest BCUT2D eigenvalue weighted by molar-refractivity contribution is 5.79. The van der Waals surface area contributed by atoms with Crippen molar-refractivity contribution < 1.29 is 14.9 Å². The van der Waals surface area contributed by atoms with Crippen LogP contribution < -0.4 is 10.8 Å². The fourth-order valence-corrected chi connectivity index (χ4v) is 2.32. The molecule has 0 aliphatic rings. The number of rotatable bonds is 8. The molecular weight excluding hydrogens is 302 g/mol. The standard InChI is InChI=1S/C14H19N5O4/c1-2-3-4-5-11-14(15-8-13(20)17-21)16-12-7-6-10(19(22)23)9-18(11)12/h6-7,9,15,21H,2-5,8H2,1H3,(H,17,20). The van der Waals surface area contributed by atoms with Crippen molar-refractivity contribution in [1.29, 1.82) is 0 Å². The summed E-state index contributed by atoms with van der Waals surface area (Å²) in [7, 11) is 0. The van der Waals surface area contributed by atoms with Gasteiger partial charge in [0.15, 0.2) is 0 Å². The molecule has 9 nitrogen and oxygen atoms in total. The van der Waals surface area contributed by atoms with Gasteiger partial charge in [0, 0.05) is 6.07 Å². The maximum atomic E-state index is 11.2. The van der Waals surface area contributed by atoms with E-state index >= 15 is 0 Å². The van der Waals surface area contributed by atoms with Gasteiger partial charge in [-0.1, -0.05) is 19.8 Å². The number of hydrogen-bond donors (Lipinski definition) is 3. The summed E-state index contributed by atoms with van der Waals surface area (Å²) in [4.78, 5) is 26.0. The normalized spacial score (nSPS) is 10.7. The molecule has 2 aromatic rings. The zero-order valence-corrected chi connectivity index (χ0v) is 12.8. The number of pyridine rings is 1. The number of nitrogens with one attached hydrogen (secondary N) is 2. The minimum Gasteiger partial charge on any atom is -0.359 e. The van der Waals surface area contributed by atoms with E-state index in [4.69, 9.17) is 5.21 Å². The van der Waals surface area contributed by atoms with Crippen LogP contribution >= 0.6 is 0 Å². The number of amides is 1. The van der Waals surface area contributed by atoms with Crippen LogP contribution in [-0.4, -0.2) is 32.0 Å². The fraction of sp³-hybridized carbons (Fsp3) is 0.429. The number of carbonyl (C=O) groups is 1. The third-order valence-corrected chi connectivity index (χ3v) is 3.47. The van der Waals surface area contributed by atoms with Crippen LogP contribution in [0.1, 0.15) is 31.9 Å². The van der Waals surface area contributed by atoms with Gasteiger partial charge in [0.05, 0.1) is 23.4 Å². The SMILES string of the molecule is CCCCCc1c(NCC(=O)NO)nc2ccc([N+](=O)[O-])cn12. The van der Waals surface area contributed by atoms with Crippen molar-refractivity contribution in [3.63, 3.8) is 0 Å². The monoisotopic (exact) mass is 321 g/mol. The molecule has 0 aliphatic carbocycles. The van der Waals surface area contributed by atoms with Gasteiger partial charge in [-0.2, -0.15) is 0 Å². The second-order valence-electron chi connectivity index (χ2n) is 5.13. The molecule has 124 valence electrons. The first-order valence-corrected chi connectivity index (χ1v) is 7.39. The second kappa shape index (κ2) is 7.54. The van der Waals surface area contributed by atoms with Crippen molar-refractivity contribution >= 4 is 23.1 Å². The van der Waals surface area contributed by atoms with Crippen LogP contribution in [0.4, 0.5) is 11.5 Å². The summed E-state index contributed by atoms with van der Waals surface area (Å²) in [6.07, 6.45) is 5.10. The molecule has 0 spiro atoms. The lowest BCUT2D eigenvalue weighted by atomic mass is 10.1. The van der Waals surface area contributed by atoms with Crippen LogP contribution in [0.3, 0.4) is 0 Å². The number of carbonyl (C=O) groups excluding carboxylic acids is 1. The minimum atomic E-state index is -0.590. The average molecular weight is 321 g/mol. The number of imidazole rings is 1. The molecule has 0 saturated carbocycles. The van der Waals surface area contributed by atoms with Gasteiger partial charge in [0.2, 0.25) is 0 Å². The van der Waals surface area contributed by atoms with Crippen LogP contribution in [0.25, 0.3) is 5.65 Å². The number of aryl methyl sites for hydroxylation is 1. The minimum absolute atomic E-state index is 0.0220. The van der Waals surface area contributed by atoms with E-state index in [0.717, 1.165) is 25.0 Å². The Labute approximate surface area is 132 Å². The van der Waals surface area contributed by atoms with Crippen LogP contribution in [-0.2, 0) is 11.2 Å². The Morgan fingerprint density at radius 1 is 1.43 bits per heavy atom. The first-order valence-electron chi connectivity index (χ1n) is 7.39. The zero-order chi connectivity index (χ0) is 16.8. The summed E-state index contributed by atoms with van der Waals surface area (Å²) in [6, 6.07) is 2.96. The van der Waals surface area contributed by atoms with Crippen LogP contribution in [0.15, 0.2) is 18.3 Å². The third kappa shape index (κ3) is 3.95. The molecule has 0 unspecified atom stereocenters. The Hall–Kier alpha value is -2.68. The molecule has 0 aromatic carbocycles. The van der Waals surface area contributed by atoms with Gasteiger partial charge >= 0.3 is 0 Å². The number of unbranched alkanes of at least 4 members (excludes halogenated alkanes) is 2. The van der Waals surface area contributed by atoms with Crippen LogP contribution in [0.2, 0.25) is 0 Å². The first kappa shape index (κ1) is 16.7. The summed E-state index contributed by atoms with van der Waals surface area (Å²) in [5, 5.41) is 22.4. The Kier molecular flexibility index (Phi) is 5.47. The summed E-state index contributed by atoms with van der Waals surface area (Å²) in [6.45, 7) is 1.95. The van der Waals surface area contributed by atoms with E-state index in [-0.39, 0.29) is 12.2 Å². The van der Waals surface area contributed by atoms with Crippen molar-refractivity contribution in [2.75, 3.05) is 11.9 Å². The molecule has 0 radical (unpaired) electrons. The molecule has 0 saturated heterocycles. The highest BCUT2D eigenvalue weighted by atomic mass is 16.6. The molecule has 2 rings (SSSR count). The van der Waals surface area contributed by atoms with Gasteiger partial charge in [-0.15, -0.1) is 0 Å². The lowest BCUT2D eigenvalue weighted by molar-refractivity contribution is -0.385. The van der Waals surface area contributed by atoms with Crippen LogP contribution in [0.5, 0.6) is 0 Å². The summed E-state index contributed by atoms with van der Waals surface area (Å²) >= 11 is 0. The molecule has 0 aliphatic heterocycles. The fourth-order valence-electron chi connectivity index (χ4n) is 2.32. The lowest BCUT2D eigenvalue weighted by Crippen LogP contribution is -2.27. The average Bonchev–Trinajstić information content (AvgIpc) is 2.89. The van der Waals surface area contributed by atoms with Crippen molar-refractivity contribution in [1.82, 2.24) is 14.9 Å². The van der Waals surface area contributed by atoms with Crippen molar-refractivity contribution in [3.05, 3.63) is 34.1 Å².